The lowest BCUT2D eigenvalue weighted by Gasteiger charge is -2.23. The average Bonchev–Trinajstić information content (AvgIpc) is 3.10. The molecule has 0 radical (unpaired) electrons. The first-order chi connectivity index (χ1) is 11.1. The van der Waals surface area contributed by atoms with E-state index in [0.717, 1.165) is 16.5 Å². The third kappa shape index (κ3) is 3.03. The van der Waals surface area contributed by atoms with E-state index in [1.165, 1.54) is 0 Å². The van der Waals surface area contributed by atoms with Crippen LogP contribution in [0.25, 0.3) is 10.9 Å². The minimum atomic E-state index is -0.606. The van der Waals surface area contributed by atoms with Crippen molar-refractivity contribution in [3.8, 4) is 0 Å². The summed E-state index contributed by atoms with van der Waals surface area (Å²) >= 11 is 0. The van der Waals surface area contributed by atoms with E-state index >= 15 is 0 Å². The number of likely N-dealkylation sites (tertiary alicyclic amines) is 1. The van der Waals surface area contributed by atoms with Crippen LogP contribution in [0, 0.1) is 0 Å². The monoisotopic (exact) mass is 314 g/mol. The molecule has 120 valence electrons. The fourth-order valence-corrected chi connectivity index (χ4v) is 2.94. The van der Waals surface area contributed by atoms with Crippen LogP contribution in [-0.2, 0) is 20.9 Å². The van der Waals surface area contributed by atoms with Crippen LogP contribution in [0.3, 0.4) is 0 Å². The number of aromatic nitrogens is 1. The van der Waals surface area contributed by atoms with Crippen molar-refractivity contribution in [1.82, 2.24) is 15.2 Å². The first-order valence-corrected chi connectivity index (χ1v) is 7.46. The summed E-state index contributed by atoms with van der Waals surface area (Å²) < 4.78 is 0. The number of aromatic amines is 1. The molecule has 1 aromatic carbocycles. The number of carbonyl (C=O) groups excluding carboxylic acids is 3. The number of carbonyl (C=O) groups is 3. The molecule has 0 spiro atoms. The van der Waals surface area contributed by atoms with Gasteiger partial charge in [0.05, 0.1) is 6.54 Å². The zero-order valence-electron chi connectivity index (χ0n) is 12.5. The van der Waals surface area contributed by atoms with Gasteiger partial charge in [0.1, 0.15) is 6.04 Å². The SMILES string of the molecule is NC(=O)CNC(=O)C1CCC(=O)N1Cc1c[nH]c2ccccc12. The van der Waals surface area contributed by atoms with Gasteiger partial charge in [-0.3, -0.25) is 14.4 Å². The van der Waals surface area contributed by atoms with Gasteiger partial charge in [-0.15, -0.1) is 0 Å². The lowest BCUT2D eigenvalue weighted by atomic mass is 10.1. The summed E-state index contributed by atoms with van der Waals surface area (Å²) in [6, 6.07) is 7.24. The Kier molecular flexibility index (Phi) is 4.01. The molecule has 7 heteroatoms. The van der Waals surface area contributed by atoms with Crippen LogP contribution in [0.15, 0.2) is 30.5 Å². The van der Waals surface area contributed by atoms with Crippen LogP contribution in [0.1, 0.15) is 18.4 Å². The summed E-state index contributed by atoms with van der Waals surface area (Å²) in [5.41, 5.74) is 6.99. The van der Waals surface area contributed by atoms with E-state index in [4.69, 9.17) is 5.73 Å². The molecule has 1 aliphatic heterocycles. The van der Waals surface area contributed by atoms with Crippen molar-refractivity contribution in [2.24, 2.45) is 5.73 Å². The molecule has 7 nitrogen and oxygen atoms in total. The van der Waals surface area contributed by atoms with E-state index in [0.29, 0.717) is 19.4 Å². The maximum atomic E-state index is 12.2. The van der Waals surface area contributed by atoms with Gasteiger partial charge < -0.3 is 20.9 Å². The molecular weight excluding hydrogens is 296 g/mol. The van der Waals surface area contributed by atoms with Crippen molar-refractivity contribution in [2.75, 3.05) is 6.54 Å². The number of nitrogens with zero attached hydrogens (tertiary/aromatic N) is 1. The number of fused-ring (bicyclic) bond motifs is 1. The maximum Gasteiger partial charge on any atom is 0.243 e. The normalized spacial score (nSPS) is 17.7. The topological polar surface area (TPSA) is 108 Å². The summed E-state index contributed by atoms with van der Waals surface area (Å²) in [6.07, 6.45) is 2.64. The lowest BCUT2D eigenvalue weighted by Crippen LogP contribution is -2.46. The number of benzene rings is 1. The largest absolute Gasteiger partial charge is 0.368 e. The standard InChI is InChI=1S/C16H18N4O3/c17-14(21)8-19-16(23)13-5-6-15(22)20(13)9-10-7-18-12-4-2-1-3-11(10)12/h1-4,7,13,18H,5-6,8-9H2,(H2,17,21)(H,19,23). The van der Waals surface area contributed by atoms with Gasteiger partial charge in [0.25, 0.3) is 0 Å². The van der Waals surface area contributed by atoms with Gasteiger partial charge in [-0.25, -0.2) is 0 Å². The molecule has 1 unspecified atom stereocenters. The Labute approximate surface area is 132 Å². The predicted molar refractivity (Wildman–Crippen MR) is 84.1 cm³/mol. The number of hydrogen-bond acceptors (Lipinski definition) is 3. The lowest BCUT2D eigenvalue weighted by molar-refractivity contribution is -0.136. The van der Waals surface area contributed by atoms with Gasteiger partial charge in [-0.2, -0.15) is 0 Å². The van der Waals surface area contributed by atoms with E-state index in [-0.39, 0.29) is 18.4 Å². The van der Waals surface area contributed by atoms with Crippen LogP contribution < -0.4 is 11.1 Å². The second kappa shape index (κ2) is 6.12. The van der Waals surface area contributed by atoms with Gasteiger partial charge in [0.2, 0.25) is 17.7 Å². The predicted octanol–water partition coefficient (Wildman–Crippen LogP) is 0.260. The highest BCUT2D eigenvalue weighted by Gasteiger charge is 2.36. The van der Waals surface area contributed by atoms with Gasteiger partial charge in [0, 0.05) is 30.1 Å². The van der Waals surface area contributed by atoms with Crippen molar-refractivity contribution in [3.63, 3.8) is 0 Å². The van der Waals surface area contributed by atoms with Crippen LogP contribution in [0.4, 0.5) is 0 Å². The Morgan fingerprint density at radius 2 is 2.13 bits per heavy atom. The van der Waals surface area contributed by atoms with Gasteiger partial charge >= 0.3 is 0 Å². The van der Waals surface area contributed by atoms with Gasteiger partial charge in [0.15, 0.2) is 0 Å². The Morgan fingerprint density at radius 1 is 1.35 bits per heavy atom. The summed E-state index contributed by atoms with van der Waals surface area (Å²) in [6.45, 7) is 0.141. The third-order valence-corrected chi connectivity index (χ3v) is 4.08. The van der Waals surface area contributed by atoms with Gasteiger partial charge in [-0.05, 0) is 18.1 Å². The number of H-pyrrole nitrogens is 1. The highest BCUT2D eigenvalue weighted by Crippen LogP contribution is 2.25. The van der Waals surface area contributed by atoms with Crippen LogP contribution in [-0.4, -0.2) is 40.2 Å². The van der Waals surface area contributed by atoms with E-state index in [1.54, 1.807) is 4.90 Å². The number of nitrogens with two attached hydrogens (primary N) is 1. The van der Waals surface area contributed by atoms with E-state index < -0.39 is 11.9 Å². The average molecular weight is 314 g/mol. The van der Waals surface area contributed by atoms with Gasteiger partial charge in [-0.1, -0.05) is 18.2 Å². The smallest absolute Gasteiger partial charge is 0.243 e. The molecular formula is C16H18N4O3. The Morgan fingerprint density at radius 3 is 2.91 bits per heavy atom. The number of rotatable bonds is 5. The maximum absolute atomic E-state index is 12.2. The molecule has 0 saturated carbocycles. The zero-order valence-corrected chi connectivity index (χ0v) is 12.5. The number of primary amides is 1. The van der Waals surface area contributed by atoms with Crippen LogP contribution in [0.5, 0.6) is 0 Å². The molecule has 1 aromatic heterocycles. The molecule has 1 saturated heterocycles. The molecule has 3 amide bonds. The highest BCUT2D eigenvalue weighted by atomic mass is 16.2. The molecule has 23 heavy (non-hydrogen) atoms. The quantitative estimate of drug-likeness (QED) is 0.736. The Hall–Kier alpha value is -2.83. The van der Waals surface area contributed by atoms with E-state index in [1.807, 2.05) is 30.5 Å². The molecule has 2 aromatic rings. The van der Waals surface area contributed by atoms with Crippen molar-refractivity contribution in [1.29, 1.82) is 0 Å². The molecule has 1 aliphatic rings. The molecule has 2 heterocycles. The van der Waals surface area contributed by atoms with Crippen LogP contribution >= 0.6 is 0 Å². The molecule has 3 rings (SSSR count). The summed E-state index contributed by atoms with van der Waals surface area (Å²) in [5.74, 6) is -1.00. The highest BCUT2D eigenvalue weighted by molar-refractivity contribution is 5.93. The Balaban J connectivity index is 1.77. The molecule has 1 atom stereocenters. The van der Waals surface area contributed by atoms with Crippen molar-refractivity contribution < 1.29 is 14.4 Å². The second-order valence-corrected chi connectivity index (χ2v) is 5.62. The number of nitrogens with one attached hydrogen (secondary N) is 2. The van der Waals surface area contributed by atoms with E-state index in [2.05, 4.69) is 10.3 Å². The molecule has 4 N–H and O–H groups in total. The summed E-state index contributed by atoms with van der Waals surface area (Å²) in [7, 11) is 0. The minimum Gasteiger partial charge on any atom is -0.368 e. The second-order valence-electron chi connectivity index (χ2n) is 5.62. The Bertz CT molecular complexity index is 768. The van der Waals surface area contributed by atoms with Crippen molar-refractivity contribution in [3.05, 3.63) is 36.0 Å². The summed E-state index contributed by atoms with van der Waals surface area (Å²) in [4.78, 5) is 39.8. The van der Waals surface area contributed by atoms with Crippen LogP contribution in [0.2, 0.25) is 0 Å². The third-order valence-electron chi connectivity index (χ3n) is 4.08. The molecule has 0 aliphatic carbocycles. The first kappa shape index (κ1) is 15.1. The fraction of sp³-hybridized carbons (Fsp3) is 0.312. The molecule has 1 fully saturated rings. The zero-order chi connectivity index (χ0) is 16.4. The van der Waals surface area contributed by atoms with Crippen molar-refractivity contribution >= 4 is 28.6 Å². The fourth-order valence-electron chi connectivity index (χ4n) is 2.94. The first-order valence-electron chi connectivity index (χ1n) is 7.46. The van der Waals surface area contributed by atoms with Crippen molar-refractivity contribution in [2.45, 2.75) is 25.4 Å². The molecule has 0 bridgehead atoms. The van der Waals surface area contributed by atoms with E-state index in [9.17, 15) is 14.4 Å². The number of amides is 3. The number of para-hydroxylation sites is 1. The minimum absolute atomic E-state index is 0.0606. The number of hydrogen-bond donors (Lipinski definition) is 3. The summed E-state index contributed by atoms with van der Waals surface area (Å²) in [5, 5.41) is 3.51.